The number of methoxy groups -OCH3 is 1. The van der Waals surface area contributed by atoms with E-state index in [2.05, 4.69) is 10.6 Å². The molecule has 6 heteroatoms. The number of hydrogen-bond acceptors (Lipinski definition) is 3. The summed E-state index contributed by atoms with van der Waals surface area (Å²) in [6.45, 7) is 2.94. The fourth-order valence-corrected chi connectivity index (χ4v) is 2.28. The highest BCUT2D eigenvalue weighted by atomic mass is 35.5. The average Bonchev–Trinajstić information content (AvgIpc) is 2.76. The summed E-state index contributed by atoms with van der Waals surface area (Å²) in [5.41, 5.74) is 1.62. The number of carbonyl (C=O) groups excluding carboxylic acids is 1. The van der Waals surface area contributed by atoms with Crippen LogP contribution in [-0.4, -0.2) is 32.4 Å². The Labute approximate surface area is 117 Å². The van der Waals surface area contributed by atoms with Gasteiger partial charge in [-0.1, -0.05) is 11.6 Å². The second-order valence-corrected chi connectivity index (χ2v) is 4.93. The number of anilines is 1. The monoisotopic (exact) mass is 284 g/mol. The predicted octanol–water partition coefficient (Wildman–Crippen LogP) is 2.43. The van der Waals surface area contributed by atoms with Gasteiger partial charge in [0.05, 0.1) is 24.9 Å². The fourth-order valence-electron chi connectivity index (χ4n) is 2.04. The molecule has 1 heterocycles. The van der Waals surface area contributed by atoms with Crippen LogP contribution in [0.1, 0.15) is 12.5 Å². The van der Waals surface area contributed by atoms with Crippen molar-refractivity contribution in [2.45, 2.75) is 19.4 Å². The van der Waals surface area contributed by atoms with Crippen LogP contribution >= 0.6 is 11.6 Å². The van der Waals surface area contributed by atoms with E-state index in [0.717, 1.165) is 12.0 Å². The lowest BCUT2D eigenvalue weighted by molar-refractivity contribution is 0.173. The highest BCUT2D eigenvalue weighted by molar-refractivity contribution is 6.31. The van der Waals surface area contributed by atoms with Crippen molar-refractivity contribution in [2.75, 3.05) is 25.6 Å². The van der Waals surface area contributed by atoms with Gasteiger partial charge in [-0.05, 0) is 19.1 Å². The molecule has 0 bridgehead atoms. The lowest BCUT2D eigenvalue weighted by Crippen LogP contribution is -2.38. The van der Waals surface area contributed by atoms with Crippen LogP contribution in [0.25, 0.3) is 0 Å². The zero-order valence-electron chi connectivity index (χ0n) is 11.0. The molecule has 5 nitrogen and oxygen atoms in total. The molecule has 0 unspecified atom stereocenters. The normalized spacial score (nSPS) is 14.5. The molecule has 1 atom stereocenters. The molecule has 0 radical (unpaired) electrons. The molecular weight excluding hydrogens is 268 g/mol. The van der Waals surface area contributed by atoms with Gasteiger partial charge < -0.3 is 20.1 Å². The second kappa shape index (κ2) is 6.12. The minimum absolute atomic E-state index is 0.0712. The number of hydrogen-bond donors (Lipinski definition) is 2. The van der Waals surface area contributed by atoms with Gasteiger partial charge in [-0.25, -0.2) is 4.79 Å². The van der Waals surface area contributed by atoms with E-state index < -0.39 is 0 Å². The number of carbonyl (C=O) groups is 1. The molecule has 0 aromatic heterocycles. The van der Waals surface area contributed by atoms with Crippen molar-refractivity contribution >= 4 is 23.3 Å². The molecule has 1 aromatic carbocycles. The first-order valence-electron chi connectivity index (χ1n) is 6.12. The largest absolute Gasteiger partial charge is 0.491 e. The Kier molecular flexibility index (Phi) is 4.50. The Morgan fingerprint density at radius 2 is 2.37 bits per heavy atom. The highest BCUT2D eigenvalue weighted by Gasteiger charge is 2.19. The summed E-state index contributed by atoms with van der Waals surface area (Å²) >= 11 is 6.02. The van der Waals surface area contributed by atoms with Gasteiger partial charge in [-0.2, -0.15) is 0 Å². The Balaban J connectivity index is 2.05. The van der Waals surface area contributed by atoms with E-state index in [0.29, 0.717) is 29.7 Å². The summed E-state index contributed by atoms with van der Waals surface area (Å²) in [7, 11) is 1.59. The smallest absolute Gasteiger partial charge is 0.319 e. The number of benzene rings is 1. The summed E-state index contributed by atoms with van der Waals surface area (Å²) in [4.78, 5) is 11.8. The van der Waals surface area contributed by atoms with Gasteiger partial charge in [0.2, 0.25) is 0 Å². The second-order valence-electron chi connectivity index (χ2n) is 4.49. The van der Waals surface area contributed by atoms with E-state index in [-0.39, 0.29) is 12.1 Å². The van der Waals surface area contributed by atoms with Gasteiger partial charge in [0.1, 0.15) is 5.75 Å². The molecule has 2 amide bonds. The lowest BCUT2D eigenvalue weighted by atomic mass is 10.1. The number of halogens is 1. The minimum atomic E-state index is -0.301. The molecule has 2 N–H and O–H groups in total. The van der Waals surface area contributed by atoms with Gasteiger partial charge in [-0.3, -0.25) is 0 Å². The summed E-state index contributed by atoms with van der Waals surface area (Å²) < 4.78 is 10.5. The molecule has 0 fully saturated rings. The van der Waals surface area contributed by atoms with Gasteiger partial charge in [-0.15, -0.1) is 0 Å². The van der Waals surface area contributed by atoms with Crippen LogP contribution < -0.4 is 15.4 Å². The number of nitrogens with one attached hydrogen (secondary N) is 2. The molecule has 0 saturated heterocycles. The molecule has 0 spiro atoms. The van der Waals surface area contributed by atoms with Crippen LogP contribution in [0.15, 0.2) is 12.1 Å². The van der Waals surface area contributed by atoms with Crippen molar-refractivity contribution in [3.8, 4) is 5.75 Å². The van der Waals surface area contributed by atoms with Crippen LogP contribution in [0.3, 0.4) is 0 Å². The third-order valence-corrected chi connectivity index (χ3v) is 3.01. The first-order valence-corrected chi connectivity index (χ1v) is 6.49. The topological polar surface area (TPSA) is 59.6 Å². The number of rotatable bonds is 4. The Morgan fingerprint density at radius 3 is 3.11 bits per heavy atom. The number of fused-ring (bicyclic) bond motifs is 1. The Morgan fingerprint density at radius 1 is 1.58 bits per heavy atom. The molecule has 1 aromatic rings. The van der Waals surface area contributed by atoms with E-state index in [1.165, 1.54) is 0 Å². The molecule has 2 rings (SSSR count). The minimum Gasteiger partial charge on any atom is -0.491 e. The van der Waals surface area contributed by atoms with Gasteiger partial charge in [0, 0.05) is 24.1 Å². The van der Waals surface area contributed by atoms with E-state index in [1.54, 1.807) is 13.2 Å². The van der Waals surface area contributed by atoms with Crippen LogP contribution in [0, 0.1) is 0 Å². The number of amides is 2. The van der Waals surface area contributed by atoms with Gasteiger partial charge >= 0.3 is 6.03 Å². The summed E-state index contributed by atoms with van der Waals surface area (Å²) in [5.74, 6) is 0.707. The van der Waals surface area contributed by atoms with E-state index in [1.807, 2.05) is 13.0 Å². The number of urea groups is 1. The zero-order chi connectivity index (χ0) is 13.8. The summed E-state index contributed by atoms with van der Waals surface area (Å²) in [6.07, 6.45) is 0.812. The van der Waals surface area contributed by atoms with E-state index in [4.69, 9.17) is 21.1 Å². The van der Waals surface area contributed by atoms with Gasteiger partial charge in [0.25, 0.3) is 0 Å². The molecular formula is C13H17ClN2O3. The van der Waals surface area contributed by atoms with E-state index >= 15 is 0 Å². The van der Waals surface area contributed by atoms with Crippen molar-refractivity contribution < 1.29 is 14.3 Å². The van der Waals surface area contributed by atoms with Crippen molar-refractivity contribution in [2.24, 2.45) is 0 Å². The third kappa shape index (κ3) is 3.52. The van der Waals surface area contributed by atoms with Crippen LogP contribution in [0.4, 0.5) is 10.5 Å². The van der Waals surface area contributed by atoms with Crippen LogP contribution in [-0.2, 0) is 11.2 Å². The summed E-state index contributed by atoms with van der Waals surface area (Å²) in [5, 5.41) is 6.11. The quantitative estimate of drug-likeness (QED) is 0.893. The molecule has 104 valence electrons. The summed E-state index contributed by atoms with van der Waals surface area (Å²) in [6, 6.07) is 3.18. The third-order valence-electron chi connectivity index (χ3n) is 2.79. The van der Waals surface area contributed by atoms with Crippen LogP contribution in [0.5, 0.6) is 5.75 Å². The SMILES string of the molecule is COC[C@H](C)NC(=O)Nc1cc(Cl)cc2c1OCC2. The van der Waals surface area contributed by atoms with Crippen molar-refractivity contribution in [1.82, 2.24) is 5.32 Å². The maximum Gasteiger partial charge on any atom is 0.319 e. The zero-order valence-corrected chi connectivity index (χ0v) is 11.7. The van der Waals surface area contributed by atoms with Crippen molar-refractivity contribution in [1.29, 1.82) is 0 Å². The average molecular weight is 285 g/mol. The molecule has 19 heavy (non-hydrogen) atoms. The molecule has 1 aliphatic rings. The lowest BCUT2D eigenvalue weighted by Gasteiger charge is -2.15. The molecule has 0 saturated carbocycles. The van der Waals surface area contributed by atoms with Gasteiger partial charge in [0.15, 0.2) is 0 Å². The molecule has 0 aliphatic carbocycles. The maximum atomic E-state index is 11.8. The van der Waals surface area contributed by atoms with Crippen molar-refractivity contribution in [3.63, 3.8) is 0 Å². The van der Waals surface area contributed by atoms with Crippen molar-refractivity contribution in [3.05, 3.63) is 22.7 Å². The number of ether oxygens (including phenoxy) is 2. The Bertz CT molecular complexity index is 479. The Hall–Kier alpha value is -1.46. The standard InChI is InChI=1S/C13H17ClN2O3/c1-8(7-18-2)15-13(17)16-11-6-10(14)5-9-3-4-19-12(9)11/h5-6,8H,3-4,7H2,1-2H3,(H2,15,16,17)/t8-/m0/s1. The maximum absolute atomic E-state index is 11.8. The van der Waals surface area contributed by atoms with Crippen LogP contribution in [0.2, 0.25) is 5.02 Å². The first-order chi connectivity index (χ1) is 9.10. The highest BCUT2D eigenvalue weighted by Crippen LogP contribution is 2.36. The predicted molar refractivity (Wildman–Crippen MR) is 74.1 cm³/mol. The fraction of sp³-hybridized carbons (Fsp3) is 0.462. The first kappa shape index (κ1) is 14.0. The molecule has 1 aliphatic heterocycles. The van der Waals surface area contributed by atoms with E-state index in [9.17, 15) is 4.79 Å².